The number of hydrogen-bond donors (Lipinski definition) is 0. The van der Waals surface area contributed by atoms with Crippen molar-refractivity contribution in [3.63, 3.8) is 0 Å². The van der Waals surface area contributed by atoms with E-state index in [0.29, 0.717) is 5.69 Å². The Morgan fingerprint density at radius 2 is 2.12 bits per heavy atom. The van der Waals surface area contributed by atoms with Gasteiger partial charge in [-0.2, -0.15) is 0 Å². The summed E-state index contributed by atoms with van der Waals surface area (Å²) < 4.78 is 0.916. The molecule has 1 aromatic heterocycles. The molecule has 3 nitrogen and oxygen atoms in total. The van der Waals surface area contributed by atoms with Gasteiger partial charge in [-0.3, -0.25) is 4.79 Å². The molecule has 0 saturated carbocycles. The van der Waals surface area contributed by atoms with E-state index in [1.807, 2.05) is 17.9 Å². The molecule has 1 amide bonds. The number of aromatic nitrogens is 1. The van der Waals surface area contributed by atoms with E-state index in [1.54, 1.807) is 6.20 Å². The van der Waals surface area contributed by atoms with Crippen molar-refractivity contribution in [2.45, 2.75) is 26.7 Å². The van der Waals surface area contributed by atoms with Crippen LogP contribution in [-0.4, -0.2) is 28.9 Å². The molecule has 0 radical (unpaired) electrons. The number of hydrogen-bond acceptors (Lipinski definition) is 2. The minimum Gasteiger partial charge on any atom is -0.337 e. The average molecular weight is 297 g/mol. The lowest BCUT2D eigenvalue weighted by atomic mass is 9.99. The van der Waals surface area contributed by atoms with Gasteiger partial charge in [-0.25, -0.2) is 4.98 Å². The zero-order chi connectivity index (χ0) is 12.4. The molecule has 1 fully saturated rings. The van der Waals surface area contributed by atoms with Crippen LogP contribution in [0.25, 0.3) is 0 Å². The highest BCUT2D eigenvalue weighted by Gasteiger charge is 2.23. The Labute approximate surface area is 110 Å². The summed E-state index contributed by atoms with van der Waals surface area (Å²) in [5, 5.41) is 0. The summed E-state index contributed by atoms with van der Waals surface area (Å²) in [4.78, 5) is 18.4. The summed E-state index contributed by atoms with van der Waals surface area (Å²) in [6.45, 7) is 5.89. The second-order valence-electron chi connectivity index (χ2n) is 4.79. The molecule has 0 aliphatic carbocycles. The number of aryl methyl sites for hydroxylation is 1. The fraction of sp³-hybridized carbons (Fsp3) is 0.538. The van der Waals surface area contributed by atoms with E-state index < -0.39 is 0 Å². The van der Waals surface area contributed by atoms with Gasteiger partial charge in [-0.1, -0.05) is 6.92 Å². The molecule has 1 aliphatic rings. The third-order valence-corrected chi connectivity index (χ3v) is 3.75. The van der Waals surface area contributed by atoms with E-state index in [9.17, 15) is 4.79 Å². The monoisotopic (exact) mass is 296 g/mol. The molecule has 1 saturated heterocycles. The lowest BCUT2D eigenvalue weighted by molar-refractivity contribution is 0.0690. The van der Waals surface area contributed by atoms with Crippen LogP contribution in [0.5, 0.6) is 0 Å². The fourth-order valence-electron chi connectivity index (χ4n) is 2.13. The maximum Gasteiger partial charge on any atom is 0.272 e. The number of nitrogens with zero attached hydrogens (tertiary/aromatic N) is 2. The number of rotatable bonds is 1. The Balaban J connectivity index is 2.14. The molecule has 1 aliphatic heterocycles. The highest BCUT2D eigenvalue weighted by atomic mass is 79.9. The maximum atomic E-state index is 12.3. The van der Waals surface area contributed by atoms with Crippen LogP contribution >= 0.6 is 15.9 Å². The predicted molar refractivity (Wildman–Crippen MR) is 71.0 cm³/mol. The van der Waals surface area contributed by atoms with Crippen LogP contribution < -0.4 is 0 Å². The Hall–Kier alpha value is -0.900. The Morgan fingerprint density at radius 1 is 1.47 bits per heavy atom. The highest BCUT2D eigenvalue weighted by molar-refractivity contribution is 9.10. The van der Waals surface area contributed by atoms with Crippen LogP contribution in [0.3, 0.4) is 0 Å². The van der Waals surface area contributed by atoms with Gasteiger partial charge in [0.15, 0.2) is 0 Å². The first kappa shape index (κ1) is 12.6. The van der Waals surface area contributed by atoms with Gasteiger partial charge in [0.05, 0.1) is 0 Å². The van der Waals surface area contributed by atoms with E-state index in [0.717, 1.165) is 41.9 Å². The zero-order valence-electron chi connectivity index (χ0n) is 10.2. The van der Waals surface area contributed by atoms with Crippen molar-refractivity contribution in [1.29, 1.82) is 0 Å². The summed E-state index contributed by atoms with van der Waals surface area (Å²) in [5.74, 6) is 0.805. The zero-order valence-corrected chi connectivity index (χ0v) is 11.8. The molecular weight excluding hydrogens is 280 g/mol. The average Bonchev–Trinajstić information content (AvgIpc) is 2.29. The molecule has 2 heterocycles. The topological polar surface area (TPSA) is 33.2 Å². The molecule has 2 rings (SSSR count). The molecule has 0 bridgehead atoms. The SMILES string of the molecule is Cc1cc(Br)cnc1C(=O)N1CCC(C)CC1. The summed E-state index contributed by atoms with van der Waals surface area (Å²) in [6.07, 6.45) is 3.88. The number of carbonyl (C=O) groups excluding carboxylic acids is 1. The Morgan fingerprint density at radius 3 is 2.71 bits per heavy atom. The third kappa shape index (κ3) is 2.86. The van der Waals surface area contributed by atoms with E-state index >= 15 is 0 Å². The maximum absolute atomic E-state index is 12.3. The van der Waals surface area contributed by atoms with Crippen molar-refractivity contribution >= 4 is 21.8 Å². The summed E-state index contributed by atoms with van der Waals surface area (Å²) in [6, 6.07) is 1.94. The van der Waals surface area contributed by atoms with Crippen molar-refractivity contribution in [3.8, 4) is 0 Å². The number of carbonyl (C=O) groups is 1. The first-order valence-electron chi connectivity index (χ1n) is 5.99. The smallest absolute Gasteiger partial charge is 0.272 e. The van der Waals surface area contributed by atoms with Gasteiger partial charge in [0, 0.05) is 23.8 Å². The minimum absolute atomic E-state index is 0.0712. The van der Waals surface area contributed by atoms with Crippen LogP contribution in [0.15, 0.2) is 16.7 Å². The number of halogens is 1. The van der Waals surface area contributed by atoms with Crippen LogP contribution in [0.4, 0.5) is 0 Å². The van der Waals surface area contributed by atoms with Crippen LogP contribution in [0, 0.1) is 12.8 Å². The second-order valence-corrected chi connectivity index (χ2v) is 5.71. The summed E-state index contributed by atoms with van der Waals surface area (Å²) in [5.41, 5.74) is 1.52. The molecule has 4 heteroatoms. The summed E-state index contributed by atoms with van der Waals surface area (Å²) >= 11 is 3.36. The number of pyridine rings is 1. The van der Waals surface area contributed by atoms with Gasteiger partial charge in [0.2, 0.25) is 0 Å². The van der Waals surface area contributed by atoms with E-state index in [4.69, 9.17) is 0 Å². The number of likely N-dealkylation sites (tertiary alicyclic amines) is 1. The highest BCUT2D eigenvalue weighted by Crippen LogP contribution is 2.20. The lowest BCUT2D eigenvalue weighted by Gasteiger charge is -2.30. The third-order valence-electron chi connectivity index (χ3n) is 3.32. The molecule has 0 atom stereocenters. The predicted octanol–water partition coefficient (Wildman–Crippen LogP) is 3.02. The molecule has 0 unspecified atom stereocenters. The molecule has 0 aromatic carbocycles. The van der Waals surface area contributed by atoms with Crippen molar-refractivity contribution < 1.29 is 4.79 Å². The van der Waals surface area contributed by atoms with Gasteiger partial charge in [-0.05, 0) is 53.2 Å². The van der Waals surface area contributed by atoms with Gasteiger partial charge in [0.25, 0.3) is 5.91 Å². The van der Waals surface area contributed by atoms with E-state index in [2.05, 4.69) is 27.8 Å². The first-order chi connectivity index (χ1) is 8.08. The standard InChI is InChI=1S/C13H17BrN2O/c1-9-3-5-16(6-4-9)13(17)12-10(2)7-11(14)8-15-12/h7-9H,3-6H2,1-2H3. The van der Waals surface area contributed by atoms with Crippen molar-refractivity contribution in [3.05, 3.63) is 28.0 Å². The normalized spacial score (nSPS) is 17.2. The van der Waals surface area contributed by atoms with Crippen molar-refractivity contribution in [1.82, 2.24) is 9.88 Å². The molecule has 17 heavy (non-hydrogen) atoms. The van der Waals surface area contributed by atoms with Gasteiger partial charge >= 0.3 is 0 Å². The summed E-state index contributed by atoms with van der Waals surface area (Å²) in [7, 11) is 0. The number of amides is 1. The molecular formula is C13H17BrN2O. The Kier molecular flexibility index (Phi) is 3.82. The second kappa shape index (κ2) is 5.17. The van der Waals surface area contributed by atoms with E-state index in [1.165, 1.54) is 0 Å². The lowest BCUT2D eigenvalue weighted by Crippen LogP contribution is -2.38. The fourth-order valence-corrected chi connectivity index (χ4v) is 2.57. The largest absolute Gasteiger partial charge is 0.337 e. The number of piperidine rings is 1. The molecule has 92 valence electrons. The van der Waals surface area contributed by atoms with Crippen LogP contribution in [0.2, 0.25) is 0 Å². The van der Waals surface area contributed by atoms with E-state index in [-0.39, 0.29) is 5.91 Å². The van der Waals surface area contributed by atoms with Crippen LogP contribution in [0.1, 0.15) is 35.8 Å². The van der Waals surface area contributed by atoms with Gasteiger partial charge in [-0.15, -0.1) is 0 Å². The molecule has 1 aromatic rings. The molecule has 0 N–H and O–H groups in total. The quantitative estimate of drug-likeness (QED) is 0.798. The minimum atomic E-state index is 0.0712. The van der Waals surface area contributed by atoms with Crippen molar-refractivity contribution in [2.24, 2.45) is 5.92 Å². The van der Waals surface area contributed by atoms with Gasteiger partial charge < -0.3 is 4.90 Å². The van der Waals surface area contributed by atoms with Gasteiger partial charge in [0.1, 0.15) is 5.69 Å². The first-order valence-corrected chi connectivity index (χ1v) is 6.78. The molecule has 0 spiro atoms. The Bertz CT molecular complexity index is 425. The van der Waals surface area contributed by atoms with Crippen molar-refractivity contribution in [2.75, 3.05) is 13.1 Å². The van der Waals surface area contributed by atoms with Crippen LogP contribution in [-0.2, 0) is 0 Å².